The Morgan fingerprint density at radius 2 is 1.83 bits per heavy atom. The lowest BCUT2D eigenvalue weighted by atomic mass is 9.96. The predicted octanol–water partition coefficient (Wildman–Crippen LogP) is 1.86. The largest absolute Gasteiger partial charge is 0.399 e. The minimum absolute atomic E-state index is 0.0352. The van der Waals surface area contributed by atoms with E-state index in [0.717, 1.165) is 44.8 Å². The van der Waals surface area contributed by atoms with Crippen molar-refractivity contribution in [3.8, 4) is 0 Å². The highest BCUT2D eigenvalue weighted by Crippen LogP contribution is 2.29. The molecule has 4 heteroatoms. The van der Waals surface area contributed by atoms with Crippen molar-refractivity contribution in [3.63, 3.8) is 0 Å². The Morgan fingerprint density at radius 1 is 1.11 bits per heavy atom. The van der Waals surface area contributed by atoms with Gasteiger partial charge in [0, 0.05) is 30.4 Å². The van der Waals surface area contributed by atoms with Crippen LogP contribution in [-0.2, 0) is 9.47 Å². The first kappa shape index (κ1) is 11.8. The van der Waals surface area contributed by atoms with Gasteiger partial charge in [-0.1, -0.05) is 6.07 Å². The van der Waals surface area contributed by atoms with Crippen LogP contribution in [0.3, 0.4) is 0 Å². The smallest absolute Gasteiger partial charge is 0.160 e. The first-order valence-electron chi connectivity index (χ1n) is 6.66. The molecule has 0 amide bonds. The maximum Gasteiger partial charge on any atom is 0.160 e. The molecular formula is C14H20N2O2. The number of ether oxygens (including phenoxy) is 2. The molecule has 2 aliphatic heterocycles. The molecule has 0 unspecified atom stereocenters. The van der Waals surface area contributed by atoms with Gasteiger partial charge >= 0.3 is 0 Å². The second-order valence-electron chi connectivity index (χ2n) is 5.03. The standard InChI is InChI=1S/C14H20N2O2/c15-12-2-1-3-13(10-12)16-6-4-11(5-7-16)14-17-8-9-18-14/h1-3,10-11,14H,4-9,15H2. The van der Waals surface area contributed by atoms with Crippen molar-refractivity contribution in [2.75, 3.05) is 36.9 Å². The van der Waals surface area contributed by atoms with Crippen LogP contribution in [0.2, 0.25) is 0 Å². The summed E-state index contributed by atoms with van der Waals surface area (Å²) in [7, 11) is 0. The van der Waals surface area contributed by atoms with E-state index < -0.39 is 0 Å². The van der Waals surface area contributed by atoms with Crippen LogP contribution in [0.4, 0.5) is 11.4 Å². The third kappa shape index (κ3) is 2.44. The summed E-state index contributed by atoms with van der Waals surface area (Å²) < 4.78 is 11.2. The Bertz CT molecular complexity index is 397. The normalized spacial score (nSPS) is 22.6. The first-order valence-corrected chi connectivity index (χ1v) is 6.66. The lowest BCUT2D eigenvalue weighted by molar-refractivity contribution is -0.0889. The molecule has 4 nitrogen and oxygen atoms in total. The molecule has 0 radical (unpaired) electrons. The third-order valence-electron chi connectivity index (χ3n) is 3.81. The van der Waals surface area contributed by atoms with Gasteiger partial charge in [0.2, 0.25) is 0 Å². The number of piperidine rings is 1. The topological polar surface area (TPSA) is 47.7 Å². The molecule has 2 saturated heterocycles. The number of benzene rings is 1. The van der Waals surface area contributed by atoms with E-state index in [1.165, 1.54) is 5.69 Å². The Hall–Kier alpha value is -1.26. The van der Waals surface area contributed by atoms with Crippen molar-refractivity contribution >= 4 is 11.4 Å². The molecule has 0 aliphatic carbocycles. The van der Waals surface area contributed by atoms with Gasteiger partial charge in [-0.15, -0.1) is 0 Å². The summed E-state index contributed by atoms with van der Waals surface area (Å²) in [6, 6.07) is 8.11. The van der Waals surface area contributed by atoms with Gasteiger partial charge in [-0.05, 0) is 31.0 Å². The zero-order valence-corrected chi connectivity index (χ0v) is 10.5. The van der Waals surface area contributed by atoms with E-state index in [-0.39, 0.29) is 6.29 Å². The predicted molar refractivity (Wildman–Crippen MR) is 71.5 cm³/mol. The van der Waals surface area contributed by atoms with Crippen LogP contribution in [0.15, 0.2) is 24.3 Å². The van der Waals surface area contributed by atoms with Crippen LogP contribution in [0, 0.1) is 5.92 Å². The Balaban J connectivity index is 1.59. The molecule has 2 heterocycles. The Kier molecular flexibility index (Phi) is 3.39. The van der Waals surface area contributed by atoms with E-state index in [0.29, 0.717) is 5.92 Å². The van der Waals surface area contributed by atoms with Crippen LogP contribution in [0.5, 0.6) is 0 Å². The van der Waals surface area contributed by atoms with Crippen molar-refractivity contribution in [2.45, 2.75) is 19.1 Å². The van der Waals surface area contributed by atoms with Gasteiger partial charge in [0.15, 0.2) is 6.29 Å². The van der Waals surface area contributed by atoms with Gasteiger partial charge in [-0.3, -0.25) is 0 Å². The van der Waals surface area contributed by atoms with Crippen molar-refractivity contribution in [1.29, 1.82) is 0 Å². The lowest BCUT2D eigenvalue weighted by Gasteiger charge is -2.35. The maximum atomic E-state index is 5.83. The van der Waals surface area contributed by atoms with Gasteiger partial charge in [0.1, 0.15) is 0 Å². The van der Waals surface area contributed by atoms with E-state index in [2.05, 4.69) is 11.0 Å². The zero-order chi connectivity index (χ0) is 12.4. The number of rotatable bonds is 2. The van der Waals surface area contributed by atoms with E-state index in [9.17, 15) is 0 Å². The highest BCUT2D eigenvalue weighted by molar-refractivity contribution is 5.56. The van der Waals surface area contributed by atoms with Gasteiger partial charge in [-0.25, -0.2) is 0 Å². The number of nitrogens with zero attached hydrogens (tertiary/aromatic N) is 1. The fraction of sp³-hybridized carbons (Fsp3) is 0.571. The summed E-state index contributed by atoms with van der Waals surface area (Å²) >= 11 is 0. The summed E-state index contributed by atoms with van der Waals surface area (Å²) in [5, 5.41) is 0. The monoisotopic (exact) mass is 248 g/mol. The molecule has 98 valence electrons. The van der Waals surface area contributed by atoms with Gasteiger partial charge < -0.3 is 20.1 Å². The molecule has 0 aromatic heterocycles. The fourth-order valence-corrected chi connectivity index (χ4v) is 2.80. The van der Waals surface area contributed by atoms with Crippen LogP contribution < -0.4 is 10.6 Å². The highest BCUT2D eigenvalue weighted by atomic mass is 16.7. The van der Waals surface area contributed by atoms with E-state index in [1.54, 1.807) is 0 Å². The van der Waals surface area contributed by atoms with Gasteiger partial charge in [-0.2, -0.15) is 0 Å². The second-order valence-corrected chi connectivity index (χ2v) is 5.03. The minimum Gasteiger partial charge on any atom is -0.399 e. The highest BCUT2D eigenvalue weighted by Gasteiger charge is 2.30. The molecule has 2 fully saturated rings. The molecule has 0 bridgehead atoms. The number of anilines is 2. The molecule has 1 aromatic rings. The zero-order valence-electron chi connectivity index (χ0n) is 10.5. The molecular weight excluding hydrogens is 228 g/mol. The molecule has 0 atom stereocenters. The lowest BCUT2D eigenvalue weighted by Crippen LogP contribution is -2.38. The summed E-state index contributed by atoms with van der Waals surface area (Å²) in [5.74, 6) is 0.546. The fourth-order valence-electron chi connectivity index (χ4n) is 2.80. The summed E-state index contributed by atoms with van der Waals surface area (Å²) in [6.45, 7) is 3.61. The quantitative estimate of drug-likeness (QED) is 0.812. The van der Waals surface area contributed by atoms with Crippen molar-refractivity contribution in [2.24, 2.45) is 5.92 Å². The van der Waals surface area contributed by atoms with Crippen LogP contribution in [-0.4, -0.2) is 32.6 Å². The second kappa shape index (κ2) is 5.16. The molecule has 0 spiro atoms. The number of nitrogens with two attached hydrogens (primary N) is 1. The Labute approximate surface area is 108 Å². The van der Waals surface area contributed by atoms with E-state index >= 15 is 0 Å². The van der Waals surface area contributed by atoms with Gasteiger partial charge in [0.25, 0.3) is 0 Å². The summed E-state index contributed by atoms with van der Waals surface area (Å²) in [6.07, 6.45) is 2.28. The average molecular weight is 248 g/mol. The summed E-state index contributed by atoms with van der Waals surface area (Å²) in [4.78, 5) is 2.39. The molecule has 1 aromatic carbocycles. The van der Waals surface area contributed by atoms with Gasteiger partial charge in [0.05, 0.1) is 13.2 Å². The molecule has 3 rings (SSSR count). The molecule has 18 heavy (non-hydrogen) atoms. The number of hydrogen-bond donors (Lipinski definition) is 1. The van der Waals surface area contributed by atoms with Crippen molar-refractivity contribution in [1.82, 2.24) is 0 Å². The Morgan fingerprint density at radius 3 is 2.50 bits per heavy atom. The molecule has 2 aliphatic rings. The van der Waals surface area contributed by atoms with Crippen LogP contribution in [0.25, 0.3) is 0 Å². The minimum atomic E-state index is 0.0352. The van der Waals surface area contributed by atoms with E-state index in [1.807, 2.05) is 18.2 Å². The van der Waals surface area contributed by atoms with Crippen molar-refractivity contribution < 1.29 is 9.47 Å². The summed E-state index contributed by atoms with van der Waals surface area (Å²) in [5.41, 5.74) is 7.88. The number of hydrogen-bond acceptors (Lipinski definition) is 4. The van der Waals surface area contributed by atoms with Crippen LogP contribution >= 0.6 is 0 Å². The molecule has 2 N–H and O–H groups in total. The third-order valence-corrected chi connectivity index (χ3v) is 3.81. The molecule has 0 saturated carbocycles. The first-order chi connectivity index (χ1) is 8.83. The van der Waals surface area contributed by atoms with Crippen LogP contribution in [0.1, 0.15) is 12.8 Å². The average Bonchev–Trinajstić information content (AvgIpc) is 2.93. The van der Waals surface area contributed by atoms with Crippen molar-refractivity contribution in [3.05, 3.63) is 24.3 Å². The number of nitrogen functional groups attached to an aromatic ring is 1. The maximum absolute atomic E-state index is 5.83. The SMILES string of the molecule is Nc1cccc(N2CCC(C3OCCO3)CC2)c1. The van der Waals surface area contributed by atoms with E-state index in [4.69, 9.17) is 15.2 Å².